The highest BCUT2D eigenvalue weighted by molar-refractivity contribution is 6.24. The fraction of sp³-hybridized carbons (Fsp3) is 0.667. The zero-order chi connectivity index (χ0) is 6.99. The zero-order valence-corrected chi connectivity index (χ0v) is 6.11. The van der Waals surface area contributed by atoms with Gasteiger partial charge in [-0.15, -0.1) is 0 Å². The van der Waals surface area contributed by atoms with Crippen molar-refractivity contribution in [2.45, 2.75) is 0 Å². The summed E-state index contributed by atoms with van der Waals surface area (Å²) in [4.78, 5) is 10.9. The molecule has 0 heterocycles. The molecule has 0 aliphatic heterocycles. The summed E-state index contributed by atoms with van der Waals surface area (Å²) in [6, 6.07) is 0. The number of hydrogen-bond acceptors (Lipinski definition) is 2. The molecule has 0 bridgehead atoms. The van der Waals surface area contributed by atoms with Gasteiger partial charge >= 0.3 is 0 Å². The number of nitrogens with zero attached hydrogens (tertiary/aromatic N) is 1. The summed E-state index contributed by atoms with van der Waals surface area (Å²) in [6.45, 7) is 0. The molecule has 0 radical (unpaired) electrons. The SMILES string of the molecule is CN(C)C=O.ClOCl. The lowest BCUT2D eigenvalue weighted by atomic mass is 11.0. The van der Waals surface area contributed by atoms with Gasteiger partial charge in [0.05, 0.1) is 23.7 Å². The van der Waals surface area contributed by atoms with Gasteiger partial charge in [0.2, 0.25) is 6.41 Å². The fourth-order valence-electron chi connectivity index (χ4n) is 0. The molecule has 8 heavy (non-hydrogen) atoms. The van der Waals surface area contributed by atoms with Gasteiger partial charge < -0.3 is 4.90 Å². The Hall–Kier alpha value is 0.01000. The topological polar surface area (TPSA) is 29.5 Å². The van der Waals surface area contributed by atoms with Crippen LogP contribution in [0, 0.1) is 0 Å². The van der Waals surface area contributed by atoms with E-state index in [0.29, 0.717) is 0 Å². The minimum atomic E-state index is 0.750. The van der Waals surface area contributed by atoms with E-state index in [9.17, 15) is 4.79 Å². The van der Waals surface area contributed by atoms with E-state index >= 15 is 0 Å². The average Bonchev–Trinajstić information content (AvgIpc) is 1.69. The predicted octanol–water partition coefficient (Wildman–Crippen LogP) is 1.01. The summed E-state index contributed by atoms with van der Waals surface area (Å²) in [5.41, 5.74) is 0. The van der Waals surface area contributed by atoms with E-state index in [-0.39, 0.29) is 0 Å². The molecule has 0 aliphatic carbocycles. The molecule has 5 heteroatoms. The molecule has 3 nitrogen and oxygen atoms in total. The molecule has 0 spiro atoms. The first-order valence-electron chi connectivity index (χ1n) is 1.70. The van der Waals surface area contributed by atoms with E-state index in [1.54, 1.807) is 14.1 Å². The highest BCUT2D eigenvalue weighted by Crippen LogP contribution is 1.78. The Bertz CT molecular complexity index is 50.5. The van der Waals surface area contributed by atoms with Crippen LogP contribution in [0.15, 0.2) is 0 Å². The van der Waals surface area contributed by atoms with Crippen molar-refractivity contribution in [3.05, 3.63) is 0 Å². The summed E-state index contributed by atoms with van der Waals surface area (Å²) in [7, 11) is 3.38. The van der Waals surface area contributed by atoms with Gasteiger partial charge in [0.25, 0.3) is 0 Å². The van der Waals surface area contributed by atoms with Crippen molar-refractivity contribution >= 4 is 30.1 Å². The standard InChI is InChI=1S/C3H7NO.Cl2O/c1-4(2)3-5;1-3-2/h3H,1-2H3;. The van der Waals surface area contributed by atoms with Crippen molar-refractivity contribution in [3.8, 4) is 0 Å². The summed E-state index contributed by atoms with van der Waals surface area (Å²) in [5, 5.41) is 0. The van der Waals surface area contributed by atoms with Gasteiger partial charge in [-0.3, -0.25) is 4.79 Å². The number of amides is 1. The lowest BCUT2D eigenvalue weighted by Crippen LogP contribution is -2.06. The fourth-order valence-corrected chi connectivity index (χ4v) is 0. The van der Waals surface area contributed by atoms with E-state index in [4.69, 9.17) is 0 Å². The molecule has 0 N–H and O–H groups in total. The van der Waals surface area contributed by atoms with Crippen LogP contribution in [0.1, 0.15) is 0 Å². The van der Waals surface area contributed by atoms with E-state index in [0.717, 1.165) is 6.41 Å². The first kappa shape index (κ1) is 10.9. The van der Waals surface area contributed by atoms with Crippen molar-refractivity contribution in [1.82, 2.24) is 4.90 Å². The second-order valence-electron chi connectivity index (χ2n) is 1.13. The number of carbonyl (C=O) groups excluding carboxylic acids is 1. The third kappa shape index (κ3) is 37.3. The molecule has 50 valence electrons. The quantitative estimate of drug-likeness (QED) is 0.535. The predicted molar refractivity (Wildman–Crippen MR) is 32.5 cm³/mol. The molecule has 0 atom stereocenters. The molecule has 0 aliphatic rings. The number of hydrogen-bond donors (Lipinski definition) is 0. The van der Waals surface area contributed by atoms with Gasteiger partial charge in [-0.05, 0) is 0 Å². The Morgan fingerprint density at radius 1 is 1.50 bits per heavy atom. The molecule has 0 aromatic heterocycles. The summed E-state index contributed by atoms with van der Waals surface area (Å²) >= 11 is 8.53. The lowest BCUT2D eigenvalue weighted by Gasteiger charge is -1.93. The Morgan fingerprint density at radius 2 is 1.62 bits per heavy atom. The van der Waals surface area contributed by atoms with E-state index in [1.807, 2.05) is 0 Å². The maximum Gasteiger partial charge on any atom is 0.209 e. The van der Waals surface area contributed by atoms with Crippen LogP contribution in [-0.4, -0.2) is 25.4 Å². The molecule has 0 aromatic carbocycles. The molecular weight excluding hydrogens is 153 g/mol. The highest BCUT2D eigenvalue weighted by atomic mass is 35.6. The highest BCUT2D eigenvalue weighted by Gasteiger charge is 1.68. The molecule has 0 unspecified atom stereocenters. The first-order chi connectivity index (χ1) is 3.68. The average molecular weight is 160 g/mol. The van der Waals surface area contributed by atoms with Crippen molar-refractivity contribution in [1.29, 1.82) is 0 Å². The number of halogens is 2. The number of carbonyl (C=O) groups is 1. The zero-order valence-electron chi connectivity index (χ0n) is 4.60. The van der Waals surface area contributed by atoms with E-state index in [2.05, 4.69) is 27.6 Å². The molecule has 0 saturated heterocycles. The van der Waals surface area contributed by atoms with Crippen molar-refractivity contribution < 1.29 is 8.64 Å². The summed E-state index contributed by atoms with van der Waals surface area (Å²) in [6.07, 6.45) is 0.750. The normalized spacial score (nSPS) is 6.50. The van der Waals surface area contributed by atoms with Gasteiger partial charge in [0.15, 0.2) is 0 Å². The minimum absolute atomic E-state index is 0.750. The Kier molecular flexibility index (Phi) is 13.7. The Labute approximate surface area is 58.5 Å². The Balaban J connectivity index is 0. The van der Waals surface area contributed by atoms with Crippen LogP contribution in [-0.2, 0) is 8.64 Å². The molecule has 0 saturated carbocycles. The molecule has 0 aromatic rings. The molecule has 0 fully saturated rings. The van der Waals surface area contributed by atoms with Crippen molar-refractivity contribution in [2.75, 3.05) is 14.1 Å². The first-order valence-corrected chi connectivity index (χ1v) is 2.31. The van der Waals surface area contributed by atoms with Crippen LogP contribution in [0.4, 0.5) is 0 Å². The van der Waals surface area contributed by atoms with Gasteiger partial charge in [0.1, 0.15) is 0 Å². The van der Waals surface area contributed by atoms with Crippen LogP contribution in [0.5, 0.6) is 0 Å². The largest absolute Gasteiger partial charge is 0.351 e. The van der Waals surface area contributed by atoms with E-state index in [1.165, 1.54) is 4.90 Å². The monoisotopic (exact) mass is 159 g/mol. The Morgan fingerprint density at radius 3 is 1.62 bits per heavy atom. The van der Waals surface area contributed by atoms with Crippen LogP contribution < -0.4 is 0 Å². The maximum atomic E-state index is 9.43. The van der Waals surface area contributed by atoms with Gasteiger partial charge in [-0.1, -0.05) is 0 Å². The summed E-state index contributed by atoms with van der Waals surface area (Å²) in [5.74, 6) is 0. The second-order valence-corrected chi connectivity index (χ2v) is 1.59. The number of rotatable bonds is 1. The second kappa shape index (κ2) is 10.1. The minimum Gasteiger partial charge on any atom is -0.351 e. The van der Waals surface area contributed by atoms with Gasteiger partial charge in [-0.2, -0.15) is 3.84 Å². The van der Waals surface area contributed by atoms with Crippen LogP contribution in [0.2, 0.25) is 0 Å². The van der Waals surface area contributed by atoms with Crippen molar-refractivity contribution in [3.63, 3.8) is 0 Å². The lowest BCUT2D eigenvalue weighted by molar-refractivity contribution is -0.115. The van der Waals surface area contributed by atoms with Crippen LogP contribution in [0.25, 0.3) is 0 Å². The maximum absolute atomic E-state index is 9.43. The summed E-state index contributed by atoms with van der Waals surface area (Å²) < 4.78 is 3.19. The third-order valence-electron chi connectivity index (χ3n) is 0.211. The van der Waals surface area contributed by atoms with Gasteiger partial charge in [-0.25, -0.2) is 0 Å². The van der Waals surface area contributed by atoms with Crippen LogP contribution in [0.3, 0.4) is 0 Å². The van der Waals surface area contributed by atoms with Gasteiger partial charge in [0, 0.05) is 14.1 Å². The van der Waals surface area contributed by atoms with Crippen LogP contribution >= 0.6 is 23.7 Å². The molecular formula is C3H7Cl2NO2. The van der Waals surface area contributed by atoms with E-state index < -0.39 is 0 Å². The third-order valence-corrected chi connectivity index (χ3v) is 0.211. The smallest absolute Gasteiger partial charge is 0.209 e. The van der Waals surface area contributed by atoms with Crippen molar-refractivity contribution in [2.24, 2.45) is 0 Å². The molecule has 0 rings (SSSR count). The molecule has 1 amide bonds.